The van der Waals surface area contributed by atoms with Crippen molar-refractivity contribution in [2.75, 3.05) is 7.11 Å². The molecule has 0 fully saturated rings. The van der Waals surface area contributed by atoms with Crippen molar-refractivity contribution < 1.29 is 18.7 Å². The summed E-state index contributed by atoms with van der Waals surface area (Å²) in [5.41, 5.74) is 3.64. The van der Waals surface area contributed by atoms with Gasteiger partial charge in [-0.15, -0.1) is 0 Å². The summed E-state index contributed by atoms with van der Waals surface area (Å²) in [6, 6.07) is 32.4. The third-order valence-corrected chi connectivity index (χ3v) is 6.36. The molecule has 0 saturated carbocycles. The van der Waals surface area contributed by atoms with Crippen LogP contribution in [0.2, 0.25) is 0 Å². The zero-order chi connectivity index (χ0) is 27.2. The Kier molecular flexibility index (Phi) is 7.68. The average Bonchev–Trinajstić information content (AvgIpc) is 3.28. The molecule has 0 N–H and O–H groups in total. The number of methoxy groups -OCH3 is 1. The SMILES string of the molecule is COc1ccccc1Oc1c(CN(Cc2ccccc2)C(=O)c2ccc(F)cc2)c(C)nn1-c1ccccc1. The Morgan fingerprint density at radius 2 is 1.44 bits per heavy atom. The molecule has 0 aliphatic rings. The molecule has 0 atom stereocenters. The summed E-state index contributed by atoms with van der Waals surface area (Å²) in [5.74, 6) is 0.957. The van der Waals surface area contributed by atoms with E-state index in [9.17, 15) is 9.18 Å². The molecule has 5 rings (SSSR count). The van der Waals surface area contributed by atoms with E-state index in [0.717, 1.165) is 16.8 Å². The average molecular weight is 522 g/mol. The monoisotopic (exact) mass is 521 g/mol. The number of hydrogen-bond acceptors (Lipinski definition) is 4. The molecular weight excluding hydrogens is 493 g/mol. The lowest BCUT2D eigenvalue weighted by molar-refractivity contribution is 0.0728. The van der Waals surface area contributed by atoms with E-state index in [1.54, 1.807) is 16.7 Å². The van der Waals surface area contributed by atoms with Crippen LogP contribution < -0.4 is 9.47 Å². The molecule has 7 heteroatoms. The van der Waals surface area contributed by atoms with Crippen LogP contribution in [0.4, 0.5) is 4.39 Å². The Balaban J connectivity index is 1.59. The van der Waals surface area contributed by atoms with Crippen molar-refractivity contribution in [2.45, 2.75) is 20.0 Å². The van der Waals surface area contributed by atoms with Crippen molar-refractivity contribution in [1.82, 2.24) is 14.7 Å². The maximum absolute atomic E-state index is 13.7. The van der Waals surface area contributed by atoms with Crippen LogP contribution >= 0.6 is 0 Å². The molecule has 196 valence electrons. The standard InChI is InChI=1S/C32H28FN3O3/c1-23-28(22-35(21-24-11-5-3-6-12-24)31(37)25-17-19-26(33)20-18-25)32(36(34-23)27-13-7-4-8-14-27)39-30-16-10-9-15-29(30)38-2/h3-20H,21-22H2,1-2H3. The molecule has 0 unspecified atom stereocenters. The first-order chi connectivity index (χ1) is 19.0. The van der Waals surface area contributed by atoms with Crippen molar-refractivity contribution in [3.63, 3.8) is 0 Å². The third kappa shape index (κ3) is 5.83. The first-order valence-corrected chi connectivity index (χ1v) is 12.6. The van der Waals surface area contributed by atoms with E-state index in [2.05, 4.69) is 0 Å². The summed E-state index contributed by atoms with van der Waals surface area (Å²) in [6.07, 6.45) is 0. The van der Waals surface area contributed by atoms with Gasteiger partial charge in [0.25, 0.3) is 5.91 Å². The van der Waals surface area contributed by atoms with Crippen molar-refractivity contribution >= 4 is 5.91 Å². The van der Waals surface area contributed by atoms with Crippen LogP contribution in [-0.2, 0) is 13.1 Å². The minimum Gasteiger partial charge on any atom is -0.493 e. The summed E-state index contributed by atoms with van der Waals surface area (Å²) >= 11 is 0. The quantitative estimate of drug-likeness (QED) is 0.210. The van der Waals surface area contributed by atoms with Gasteiger partial charge >= 0.3 is 0 Å². The number of hydrogen-bond donors (Lipinski definition) is 0. The van der Waals surface area contributed by atoms with E-state index in [4.69, 9.17) is 14.6 Å². The second-order valence-electron chi connectivity index (χ2n) is 9.02. The van der Waals surface area contributed by atoms with Crippen LogP contribution in [0.15, 0.2) is 109 Å². The summed E-state index contributed by atoms with van der Waals surface area (Å²) in [7, 11) is 1.59. The fourth-order valence-electron chi connectivity index (χ4n) is 4.35. The number of carbonyl (C=O) groups excluding carboxylic acids is 1. The number of rotatable bonds is 9. The molecule has 0 aliphatic carbocycles. The Morgan fingerprint density at radius 1 is 0.821 bits per heavy atom. The Labute approximate surface area is 226 Å². The van der Waals surface area contributed by atoms with E-state index < -0.39 is 5.82 Å². The first kappa shape index (κ1) is 25.7. The maximum Gasteiger partial charge on any atom is 0.254 e. The van der Waals surface area contributed by atoms with Crippen molar-refractivity contribution in [3.8, 4) is 23.1 Å². The van der Waals surface area contributed by atoms with Gasteiger partial charge in [-0.05, 0) is 61.0 Å². The smallest absolute Gasteiger partial charge is 0.254 e. The number of benzene rings is 4. The lowest BCUT2D eigenvalue weighted by atomic mass is 10.1. The Hall–Kier alpha value is -4.91. The van der Waals surface area contributed by atoms with Gasteiger partial charge in [0.2, 0.25) is 5.88 Å². The second-order valence-corrected chi connectivity index (χ2v) is 9.02. The van der Waals surface area contributed by atoms with Gasteiger partial charge in [0, 0.05) is 12.1 Å². The third-order valence-electron chi connectivity index (χ3n) is 6.36. The van der Waals surface area contributed by atoms with Gasteiger partial charge in [-0.2, -0.15) is 5.10 Å². The maximum atomic E-state index is 13.7. The number of amides is 1. The number of halogens is 1. The lowest BCUT2D eigenvalue weighted by Gasteiger charge is -2.24. The highest BCUT2D eigenvalue weighted by atomic mass is 19.1. The molecule has 0 saturated heterocycles. The predicted octanol–water partition coefficient (Wildman–Crippen LogP) is 6.96. The summed E-state index contributed by atoms with van der Waals surface area (Å²) in [4.78, 5) is 15.5. The highest BCUT2D eigenvalue weighted by Gasteiger charge is 2.25. The highest BCUT2D eigenvalue weighted by Crippen LogP contribution is 2.36. The summed E-state index contributed by atoms with van der Waals surface area (Å²) in [6.45, 7) is 2.46. The van der Waals surface area contributed by atoms with Crippen molar-refractivity contribution in [3.05, 3.63) is 137 Å². The van der Waals surface area contributed by atoms with Crippen LogP contribution in [0.3, 0.4) is 0 Å². The fourth-order valence-corrected chi connectivity index (χ4v) is 4.35. The van der Waals surface area contributed by atoms with E-state index in [-0.39, 0.29) is 12.5 Å². The summed E-state index contributed by atoms with van der Waals surface area (Å²) < 4.78 is 27.4. The predicted molar refractivity (Wildman–Crippen MR) is 148 cm³/mol. The van der Waals surface area contributed by atoms with Crippen LogP contribution in [0.25, 0.3) is 5.69 Å². The number of aromatic nitrogens is 2. The van der Waals surface area contributed by atoms with E-state index >= 15 is 0 Å². The molecule has 5 aromatic rings. The number of para-hydroxylation sites is 3. The zero-order valence-electron chi connectivity index (χ0n) is 21.8. The van der Waals surface area contributed by atoms with Crippen LogP contribution in [0.1, 0.15) is 27.2 Å². The van der Waals surface area contributed by atoms with Gasteiger partial charge in [-0.3, -0.25) is 4.79 Å². The van der Waals surface area contributed by atoms with E-state index in [0.29, 0.717) is 35.2 Å². The number of ether oxygens (including phenoxy) is 2. The first-order valence-electron chi connectivity index (χ1n) is 12.6. The number of aryl methyl sites for hydroxylation is 1. The molecule has 1 aromatic heterocycles. The number of carbonyl (C=O) groups is 1. The molecule has 0 aliphatic heterocycles. The Bertz CT molecular complexity index is 1550. The van der Waals surface area contributed by atoms with Gasteiger partial charge in [0.15, 0.2) is 11.5 Å². The van der Waals surface area contributed by atoms with Gasteiger partial charge in [0.1, 0.15) is 5.82 Å². The topological polar surface area (TPSA) is 56.6 Å². The molecule has 1 amide bonds. The van der Waals surface area contributed by atoms with Crippen molar-refractivity contribution in [2.24, 2.45) is 0 Å². The van der Waals surface area contributed by atoms with Crippen molar-refractivity contribution in [1.29, 1.82) is 0 Å². The molecule has 0 radical (unpaired) electrons. The molecule has 0 spiro atoms. The molecule has 39 heavy (non-hydrogen) atoms. The summed E-state index contributed by atoms with van der Waals surface area (Å²) in [5, 5.41) is 4.80. The molecule has 4 aromatic carbocycles. The lowest BCUT2D eigenvalue weighted by Crippen LogP contribution is -2.30. The molecular formula is C32H28FN3O3. The fraction of sp³-hybridized carbons (Fsp3) is 0.125. The second kappa shape index (κ2) is 11.6. The molecule has 1 heterocycles. The van der Waals surface area contributed by atoms with Crippen LogP contribution in [-0.4, -0.2) is 27.7 Å². The van der Waals surface area contributed by atoms with Gasteiger partial charge in [-0.1, -0.05) is 60.7 Å². The van der Waals surface area contributed by atoms with E-state index in [1.807, 2.05) is 91.9 Å². The van der Waals surface area contributed by atoms with Crippen LogP contribution in [0.5, 0.6) is 17.4 Å². The minimum absolute atomic E-state index is 0.217. The van der Waals surface area contributed by atoms with E-state index in [1.165, 1.54) is 24.3 Å². The van der Waals surface area contributed by atoms with Gasteiger partial charge in [0.05, 0.1) is 30.6 Å². The van der Waals surface area contributed by atoms with Gasteiger partial charge in [-0.25, -0.2) is 9.07 Å². The minimum atomic E-state index is -0.395. The molecule has 0 bridgehead atoms. The van der Waals surface area contributed by atoms with Crippen LogP contribution in [0, 0.1) is 12.7 Å². The van der Waals surface area contributed by atoms with Gasteiger partial charge < -0.3 is 14.4 Å². The number of nitrogens with zero attached hydrogens (tertiary/aromatic N) is 3. The zero-order valence-corrected chi connectivity index (χ0v) is 21.8. The highest BCUT2D eigenvalue weighted by molar-refractivity contribution is 5.94. The normalized spacial score (nSPS) is 10.7. The largest absolute Gasteiger partial charge is 0.493 e. The Morgan fingerprint density at radius 3 is 2.10 bits per heavy atom. The molecule has 6 nitrogen and oxygen atoms in total.